The molecule has 0 aromatic carbocycles. The second-order valence-corrected chi connectivity index (χ2v) is 7.14. The molecule has 3 fully saturated rings. The second kappa shape index (κ2) is 5.34. The van der Waals surface area contributed by atoms with Crippen LogP contribution in [0.2, 0.25) is 0 Å². The van der Waals surface area contributed by atoms with Crippen LogP contribution in [0.5, 0.6) is 0 Å². The van der Waals surface area contributed by atoms with Gasteiger partial charge >= 0.3 is 0 Å². The topological polar surface area (TPSA) is 44.5 Å². The van der Waals surface area contributed by atoms with Gasteiger partial charge in [0.25, 0.3) is 0 Å². The number of nitrogens with two attached hydrogens (primary N) is 1. The Balaban J connectivity index is 1.67. The molecule has 110 valence electrons. The first-order chi connectivity index (χ1) is 9.14. The Hall–Kier alpha value is -0.120. The van der Waals surface area contributed by atoms with Crippen molar-refractivity contribution in [2.75, 3.05) is 13.2 Å². The lowest BCUT2D eigenvalue weighted by atomic mass is 9.74. The zero-order valence-corrected chi connectivity index (χ0v) is 12.3. The summed E-state index contributed by atoms with van der Waals surface area (Å²) in [6, 6.07) is 0.175. The molecule has 0 aromatic heterocycles. The van der Waals surface area contributed by atoms with E-state index in [0.29, 0.717) is 5.92 Å². The van der Waals surface area contributed by atoms with Crippen molar-refractivity contribution in [1.82, 2.24) is 0 Å². The minimum Gasteiger partial charge on any atom is -0.375 e. The predicted molar refractivity (Wildman–Crippen MR) is 76.1 cm³/mol. The molecule has 1 saturated carbocycles. The summed E-state index contributed by atoms with van der Waals surface area (Å²) >= 11 is 0. The molecule has 0 radical (unpaired) electrons. The normalized spacial score (nSPS) is 40.4. The van der Waals surface area contributed by atoms with E-state index in [4.69, 9.17) is 15.2 Å². The summed E-state index contributed by atoms with van der Waals surface area (Å²) in [5.74, 6) is 0.579. The summed E-state index contributed by atoms with van der Waals surface area (Å²) in [5.41, 5.74) is 6.70. The molecule has 3 rings (SSSR count). The molecule has 1 aliphatic carbocycles. The Bertz CT molecular complexity index is 306. The Labute approximate surface area is 117 Å². The van der Waals surface area contributed by atoms with Gasteiger partial charge in [0, 0.05) is 19.3 Å². The minimum absolute atomic E-state index is 0.0972. The van der Waals surface area contributed by atoms with E-state index in [2.05, 4.69) is 6.92 Å². The third kappa shape index (κ3) is 2.70. The van der Waals surface area contributed by atoms with Crippen LogP contribution in [0.4, 0.5) is 0 Å². The average Bonchev–Trinajstić information content (AvgIpc) is 2.87. The molecular formula is C16H29NO2. The van der Waals surface area contributed by atoms with Gasteiger partial charge in [-0.1, -0.05) is 12.8 Å². The number of hydrogen-bond acceptors (Lipinski definition) is 3. The Morgan fingerprint density at radius 3 is 2.42 bits per heavy atom. The molecule has 2 aliphatic heterocycles. The molecule has 3 unspecified atom stereocenters. The maximum Gasteiger partial charge on any atom is 0.0807 e. The maximum atomic E-state index is 6.63. The first kappa shape index (κ1) is 13.8. The summed E-state index contributed by atoms with van der Waals surface area (Å²) in [6.07, 6.45) is 11.0. The van der Waals surface area contributed by atoms with E-state index >= 15 is 0 Å². The summed E-state index contributed by atoms with van der Waals surface area (Å²) < 4.78 is 12.2. The van der Waals surface area contributed by atoms with Gasteiger partial charge in [0.15, 0.2) is 0 Å². The van der Waals surface area contributed by atoms with Crippen molar-refractivity contribution in [1.29, 1.82) is 0 Å². The second-order valence-electron chi connectivity index (χ2n) is 7.14. The van der Waals surface area contributed by atoms with E-state index in [1.807, 2.05) is 0 Å². The number of rotatable bonds is 2. The standard InChI is InChI=1S/C16H29NO2/c1-15(7-4-5-10-18-15)14(17)13-6-11-19-16(12-13)8-2-3-9-16/h13-14H,2-12,17H2,1H3. The highest BCUT2D eigenvalue weighted by Crippen LogP contribution is 2.44. The highest BCUT2D eigenvalue weighted by atomic mass is 16.5. The molecule has 19 heavy (non-hydrogen) atoms. The molecule has 2 N–H and O–H groups in total. The third-order valence-corrected chi connectivity index (χ3v) is 5.76. The van der Waals surface area contributed by atoms with Crippen molar-refractivity contribution < 1.29 is 9.47 Å². The summed E-state index contributed by atoms with van der Waals surface area (Å²) in [7, 11) is 0. The Morgan fingerprint density at radius 1 is 1.00 bits per heavy atom. The van der Waals surface area contributed by atoms with Crippen molar-refractivity contribution in [3.63, 3.8) is 0 Å². The molecule has 0 bridgehead atoms. The van der Waals surface area contributed by atoms with E-state index in [0.717, 1.165) is 32.5 Å². The third-order valence-electron chi connectivity index (χ3n) is 5.76. The van der Waals surface area contributed by atoms with Crippen LogP contribution in [0.25, 0.3) is 0 Å². The van der Waals surface area contributed by atoms with Gasteiger partial charge in [-0.3, -0.25) is 0 Å². The molecular weight excluding hydrogens is 238 g/mol. The lowest BCUT2D eigenvalue weighted by molar-refractivity contribution is -0.132. The first-order valence-corrected chi connectivity index (χ1v) is 8.17. The smallest absolute Gasteiger partial charge is 0.0807 e. The highest BCUT2D eigenvalue weighted by Gasteiger charge is 2.46. The van der Waals surface area contributed by atoms with E-state index in [9.17, 15) is 0 Å². The molecule has 3 nitrogen and oxygen atoms in total. The quantitative estimate of drug-likeness (QED) is 0.836. The van der Waals surface area contributed by atoms with Gasteiger partial charge in [-0.25, -0.2) is 0 Å². The van der Waals surface area contributed by atoms with Crippen molar-refractivity contribution in [3.05, 3.63) is 0 Å². The zero-order valence-electron chi connectivity index (χ0n) is 12.3. The van der Waals surface area contributed by atoms with Gasteiger partial charge in [-0.15, -0.1) is 0 Å². The van der Waals surface area contributed by atoms with Crippen molar-refractivity contribution in [2.24, 2.45) is 11.7 Å². The van der Waals surface area contributed by atoms with Crippen LogP contribution < -0.4 is 5.73 Å². The van der Waals surface area contributed by atoms with E-state index < -0.39 is 0 Å². The van der Waals surface area contributed by atoms with Gasteiger partial charge in [0.05, 0.1) is 11.2 Å². The molecule has 0 aromatic rings. The van der Waals surface area contributed by atoms with Crippen LogP contribution in [0.3, 0.4) is 0 Å². The predicted octanol–water partition coefficient (Wildman–Crippen LogP) is 3.01. The highest BCUT2D eigenvalue weighted by molar-refractivity contribution is 4.99. The van der Waals surface area contributed by atoms with E-state index in [-0.39, 0.29) is 17.2 Å². The van der Waals surface area contributed by atoms with Crippen LogP contribution in [0.15, 0.2) is 0 Å². The summed E-state index contributed by atoms with van der Waals surface area (Å²) in [4.78, 5) is 0. The molecule has 2 heterocycles. The minimum atomic E-state index is -0.0972. The molecule has 3 atom stereocenters. The number of ether oxygens (including phenoxy) is 2. The fraction of sp³-hybridized carbons (Fsp3) is 1.00. The Kier molecular flexibility index (Phi) is 3.89. The van der Waals surface area contributed by atoms with Crippen LogP contribution in [-0.4, -0.2) is 30.5 Å². The number of hydrogen-bond donors (Lipinski definition) is 1. The van der Waals surface area contributed by atoms with Crippen molar-refractivity contribution in [3.8, 4) is 0 Å². The lowest BCUT2D eigenvalue weighted by Gasteiger charge is -2.47. The van der Waals surface area contributed by atoms with Crippen LogP contribution in [0, 0.1) is 5.92 Å². The van der Waals surface area contributed by atoms with E-state index in [1.165, 1.54) is 38.5 Å². The van der Waals surface area contributed by atoms with Gasteiger partial charge in [0.2, 0.25) is 0 Å². The molecule has 3 heteroatoms. The van der Waals surface area contributed by atoms with Gasteiger partial charge in [-0.05, 0) is 57.8 Å². The van der Waals surface area contributed by atoms with Gasteiger partial charge in [0.1, 0.15) is 0 Å². The fourth-order valence-corrected chi connectivity index (χ4v) is 4.46. The molecule has 1 spiro atoms. The lowest BCUT2D eigenvalue weighted by Crippen LogP contribution is -2.56. The van der Waals surface area contributed by atoms with Crippen LogP contribution in [0.1, 0.15) is 64.7 Å². The summed E-state index contributed by atoms with van der Waals surface area (Å²) in [5, 5.41) is 0. The molecule has 0 amide bonds. The SMILES string of the molecule is CC1(C(N)C2CCOC3(CCCC3)C2)CCCCO1. The fourth-order valence-electron chi connectivity index (χ4n) is 4.46. The maximum absolute atomic E-state index is 6.63. The molecule has 3 aliphatic rings. The Morgan fingerprint density at radius 2 is 1.74 bits per heavy atom. The average molecular weight is 267 g/mol. The van der Waals surface area contributed by atoms with E-state index in [1.54, 1.807) is 0 Å². The van der Waals surface area contributed by atoms with Crippen molar-refractivity contribution in [2.45, 2.75) is 82.0 Å². The van der Waals surface area contributed by atoms with Crippen LogP contribution in [-0.2, 0) is 9.47 Å². The van der Waals surface area contributed by atoms with Gasteiger partial charge < -0.3 is 15.2 Å². The van der Waals surface area contributed by atoms with Gasteiger partial charge in [-0.2, -0.15) is 0 Å². The molecule has 2 saturated heterocycles. The van der Waals surface area contributed by atoms with Crippen molar-refractivity contribution >= 4 is 0 Å². The summed E-state index contributed by atoms with van der Waals surface area (Å²) in [6.45, 7) is 4.01. The van der Waals surface area contributed by atoms with Crippen LogP contribution >= 0.6 is 0 Å². The largest absolute Gasteiger partial charge is 0.375 e. The zero-order chi connectivity index (χ0) is 13.3. The first-order valence-electron chi connectivity index (χ1n) is 8.17. The monoisotopic (exact) mass is 267 g/mol.